The summed E-state index contributed by atoms with van der Waals surface area (Å²) in [5.74, 6) is -0.324. The number of ether oxygens (including phenoxy) is 2. The van der Waals surface area contributed by atoms with E-state index in [1.165, 1.54) is 7.11 Å². The van der Waals surface area contributed by atoms with E-state index < -0.39 is 5.97 Å². The van der Waals surface area contributed by atoms with Gasteiger partial charge in [-0.2, -0.15) is 0 Å². The van der Waals surface area contributed by atoms with Gasteiger partial charge in [-0.3, -0.25) is 9.59 Å². The highest BCUT2D eigenvalue weighted by Crippen LogP contribution is 2.15. The summed E-state index contributed by atoms with van der Waals surface area (Å²) in [6.07, 6.45) is 0. The van der Waals surface area contributed by atoms with Crippen LogP contribution < -0.4 is 10.1 Å². The molecular formula is C21H24N2O5. The van der Waals surface area contributed by atoms with Crippen molar-refractivity contribution in [3.63, 3.8) is 0 Å². The first-order valence-electron chi connectivity index (χ1n) is 8.98. The number of methoxy groups -OCH3 is 1. The van der Waals surface area contributed by atoms with Crippen molar-refractivity contribution in [3.05, 3.63) is 59.7 Å². The van der Waals surface area contributed by atoms with Gasteiger partial charge < -0.3 is 19.7 Å². The zero-order valence-electron chi connectivity index (χ0n) is 16.2. The molecule has 2 aromatic carbocycles. The van der Waals surface area contributed by atoms with Gasteiger partial charge in [0.25, 0.3) is 11.8 Å². The highest BCUT2D eigenvalue weighted by molar-refractivity contribution is 5.95. The molecule has 0 spiro atoms. The van der Waals surface area contributed by atoms with Crippen LogP contribution in [0, 0.1) is 0 Å². The molecule has 0 aromatic heterocycles. The van der Waals surface area contributed by atoms with E-state index in [-0.39, 0.29) is 18.4 Å². The van der Waals surface area contributed by atoms with Crippen LogP contribution in [-0.2, 0) is 9.53 Å². The molecule has 0 saturated carbocycles. The van der Waals surface area contributed by atoms with Crippen LogP contribution in [0.2, 0.25) is 0 Å². The van der Waals surface area contributed by atoms with Crippen molar-refractivity contribution < 1.29 is 23.9 Å². The molecule has 7 heteroatoms. The molecule has 2 rings (SSSR count). The largest absolute Gasteiger partial charge is 0.484 e. The van der Waals surface area contributed by atoms with Gasteiger partial charge in [0.05, 0.1) is 12.7 Å². The lowest BCUT2D eigenvalue weighted by Gasteiger charge is -2.18. The van der Waals surface area contributed by atoms with Crippen LogP contribution in [-0.4, -0.2) is 49.5 Å². The van der Waals surface area contributed by atoms with Crippen LogP contribution in [0.25, 0.3) is 0 Å². The number of hydrogen-bond donors (Lipinski definition) is 1. The molecule has 0 bridgehead atoms. The van der Waals surface area contributed by atoms with Gasteiger partial charge in [-0.05, 0) is 62.4 Å². The summed E-state index contributed by atoms with van der Waals surface area (Å²) in [5, 5.41) is 2.68. The van der Waals surface area contributed by atoms with Crippen LogP contribution in [0.1, 0.15) is 34.6 Å². The van der Waals surface area contributed by atoms with Crippen LogP contribution in [0.5, 0.6) is 5.75 Å². The molecule has 0 radical (unpaired) electrons. The Kier molecular flexibility index (Phi) is 7.56. The van der Waals surface area contributed by atoms with E-state index in [2.05, 4.69) is 10.1 Å². The number of rotatable bonds is 8. The van der Waals surface area contributed by atoms with E-state index in [1.807, 2.05) is 13.8 Å². The number of hydrogen-bond acceptors (Lipinski definition) is 5. The summed E-state index contributed by atoms with van der Waals surface area (Å²) < 4.78 is 10.1. The normalized spacial score (nSPS) is 10.1. The van der Waals surface area contributed by atoms with Crippen molar-refractivity contribution in [2.24, 2.45) is 0 Å². The molecule has 1 N–H and O–H groups in total. The second-order valence-electron chi connectivity index (χ2n) is 5.91. The highest BCUT2D eigenvalue weighted by Gasteiger charge is 2.12. The molecule has 0 saturated heterocycles. The van der Waals surface area contributed by atoms with E-state index in [0.29, 0.717) is 35.7 Å². The molecule has 2 aromatic rings. The van der Waals surface area contributed by atoms with E-state index >= 15 is 0 Å². The minimum absolute atomic E-state index is 0.0373. The zero-order chi connectivity index (χ0) is 20.5. The van der Waals surface area contributed by atoms with Crippen molar-refractivity contribution in [1.29, 1.82) is 0 Å². The Bertz CT molecular complexity index is 812. The number of benzene rings is 2. The third-order valence-electron chi connectivity index (χ3n) is 4.11. The van der Waals surface area contributed by atoms with Gasteiger partial charge in [0, 0.05) is 24.3 Å². The summed E-state index contributed by atoms with van der Waals surface area (Å²) in [5.41, 5.74) is 1.52. The van der Waals surface area contributed by atoms with Crippen molar-refractivity contribution in [1.82, 2.24) is 4.90 Å². The number of esters is 1. The maximum Gasteiger partial charge on any atom is 0.337 e. The molecule has 0 atom stereocenters. The third kappa shape index (κ3) is 5.57. The second kappa shape index (κ2) is 10.1. The maximum absolute atomic E-state index is 12.3. The van der Waals surface area contributed by atoms with Gasteiger partial charge in [0.15, 0.2) is 6.61 Å². The van der Waals surface area contributed by atoms with Gasteiger partial charge >= 0.3 is 5.97 Å². The molecule has 0 fully saturated rings. The number of carbonyl (C=O) groups excluding carboxylic acids is 3. The average Bonchev–Trinajstić information content (AvgIpc) is 2.73. The van der Waals surface area contributed by atoms with E-state index in [9.17, 15) is 14.4 Å². The first kappa shape index (κ1) is 21.0. The molecule has 7 nitrogen and oxygen atoms in total. The van der Waals surface area contributed by atoms with Crippen LogP contribution >= 0.6 is 0 Å². The summed E-state index contributed by atoms with van der Waals surface area (Å²) in [7, 11) is 1.31. The summed E-state index contributed by atoms with van der Waals surface area (Å²) >= 11 is 0. The van der Waals surface area contributed by atoms with Crippen molar-refractivity contribution in [2.45, 2.75) is 13.8 Å². The van der Waals surface area contributed by atoms with Crippen molar-refractivity contribution in [3.8, 4) is 5.75 Å². The monoisotopic (exact) mass is 384 g/mol. The third-order valence-corrected chi connectivity index (χ3v) is 4.11. The summed E-state index contributed by atoms with van der Waals surface area (Å²) in [6.45, 7) is 4.98. The smallest absolute Gasteiger partial charge is 0.337 e. The molecule has 0 aliphatic heterocycles. The summed E-state index contributed by atoms with van der Waals surface area (Å²) in [4.78, 5) is 37.4. The van der Waals surface area contributed by atoms with Crippen molar-refractivity contribution >= 4 is 23.5 Å². The number of anilines is 1. The Labute approximate surface area is 164 Å². The maximum atomic E-state index is 12.3. The molecule has 0 unspecified atom stereocenters. The number of amides is 2. The van der Waals surface area contributed by atoms with Crippen molar-refractivity contribution in [2.75, 3.05) is 32.1 Å². The molecule has 0 heterocycles. The fraction of sp³-hybridized carbons (Fsp3) is 0.286. The number of nitrogens with zero attached hydrogens (tertiary/aromatic N) is 1. The Hall–Kier alpha value is -3.35. The lowest BCUT2D eigenvalue weighted by molar-refractivity contribution is -0.118. The fourth-order valence-electron chi connectivity index (χ4n) is 2.54. The van der Waals surface area contributed by atoms with E-state index in [4.69, 9.17) is 4.74 Å². The van der Waals surface area contributed by atoms with Gasteiger partial charge in [0.1, 0.15) is 5.75 Å². The van der Waals surface area contributed by atoms with Crippen LogP contribution in [0.4, 0.5) is 5.69 Å². The second-order valence-corrected chi connectivity index (χ2v) is 5.91. The Morgan fingerprint density at radius 3 is 2.00 bits per heavy atom. The average molecular weight is 384 g/mol. The van der Waals surface area contributed by atoms with E-state index in [0.717, 1.165) is 0 Å². The van der Waals surface area contributed by atoms with E-state index in [1.54, 1.807) is 53.4 Å². The number of nitrogens with one attached hydrogen (secondary N) is 1. The van der Waals surface area contributed by atoms with Gasteiger partial charge in [-0.25, -0.2) is 4.79 Å². The highest BCUT2D eigenvalue weighted by atomic mass is 16.5. The minimum Gasteiger partial charge on any atom is -0.484 e. The van der Waals surface area contributed by atoms with Gasteiger partial charge in [-0.1, -0.05) is 0 Å². The first-order valence-corrected chi connectivity index (χ1v) is 8.98. The molecule has 148 valence electrons. The molecule has 2 amide bonds. The minimum atomic E-state index is -0.441. The molecular weight excluding hydrogens is 360 g/mol. The van der Waals surface area contributed by atoms with Gasteiger partial charge in [0.2, 0.25) is 0 Å². The SMILES string of the molecule is CCN(CC)C(=O)c1ccc(OCC(=O)Nc2ccc(C(=O)OC)cc2)cc1. The Morgan fingerprint density at radius 1 is 0.893 bits per heavy atom. The topological polar surface area (TPSA) is 84.9 Å². The Morgan fingerprint density at radius 2 is 1.46 bits per heavy atom. The predicted octanol–water partition coefficient (Wildman–Crippen LogP) is 2.97. The zero-order valence-corrected chi connectivity index (χ0v) is 16.2. The van der Waals surface area contributed by atoms with Gasteiger partial charge in [-0.15, -0.1) is 0 Å². The fourth-order valence-corrected chi connectivity index (χ4v) is 2.54. The lowest BCUT2D eigenvalue weighted by Crippen LogP contribution is -2.30. The molecule has 28 heavy (non-hydrogen) atoms. The Balaban J connectivity index is 1.87. The standard InChI is InChI=1S/C21H24N2O5/c1-4-23(5-2)20(25)15-8-12-18(13-9-15)28-14-19(24)22-17-10-6-16(7-11-17)21(26)27-3/h6-13H,4-5,14H2,1-3H3,(H,22,24). The quantitative estimate of drug-likeness (QED) is 0.708. The first-order chi connectivity index (χ1) is 13.5. The molecule has 0 aliphatic rings. The van der Waals surface area contributed by atoms with Crippen LogP contribution in [0.15, 0.2) is 48.5 Å². The number of carbonyl (C=O) groups is 3. The van der Waals surface area contributed by atoms with Crippen LogP contribution in [0.3, 0.4) is 0 Å². The molecule has 0 aliphatic carbocycles. The summed E-state index contributed by atoms with van der Waals surface area (Å²) in [6, 6.07) is 13.0. The predicted molar refractivity (Wildman–Crippen MR) is 106 cm³/mol. The lowest BCUT2D eigenvalue weighted by atomic mass is 10.2.